The van der Waals surface area contributed by atoms with E-state index in [0.29, 0.717) is 5.92 Å². The SMILES string of the molecule is C=CC(CC)c1cccs1. The minimum absolute atomic E-state index is 0.569. The van der Waals surface area contributed by atoms with E-state index >= 15 is 0 Å². The fraction of sp³-hybridized carbons (Fsp3) is 0.333. The maximum Gasteiger partial charge on any atom is 0.0114 e. The molecule has 0 saturated carbocycles. The first kappa shape index (κ1) is 7.55. The summed E-state index contributed by atoms with van der Waals surface area (Å²) in [7, 11) is 0. The first-order valence-corrected chi connectivity index (χ1v) is 4.42. The molecule has 1 heterocycles. The summed E-state index contributed by atoms with van der Waals surface area (Å²) >= 11 is 1.81. The summed E-state index contributed by atoms with van der Waals surface area (Å²) in [6, 6.07) is 4.26. The molecular weight excluding hydrogens is 140 g/mol. The van der Waals surface area contributed by atoms with E-state index in [1.807, 2.05) is 17.4 Å². The highest BCUT2D eigenvalue weighted by Crippen LogP contribution is 2.24. The second-order valence-electron chi connectivity index (χ2n) is 2.27. The zero-order valence-corrected chi connectivity index (χ0v) is 7.03. The van der Waals surface area contributed by atoms with E-state index in [4.69, 9.17) is 0 Å². The van der Waals surface area contributed by atoms with Crippen LogP contribution in [0.5, 0.6) is 0 Å². The van der Waals surface area contributed by atoms with Gasteiger partial charge in [0.2, 0.25) is 0 Å². The molecule has 0 spiro atoms. The molecule has 1 unspecified atom stereocenters. The van der Waals surface area contributed by atoms with Gasteiger partial charge in [0.25, 0.3) is 0 Å². The molecule has 0 amide bonds. The summed E-state index contributed by atoms with van der Waals surface area (Å²) < 4.78 is 0. The number of allylic oxidation sites excluding steroid dienone is 1. The van der Waals surface area contributed by atoms with Gasteiger partial charge in [-0.25, -0.2) is 0 Å². The van der Waals surface area contributed by atoms with Crippen LogP contribution >= 0.6 is 11.3 Å². The van der Waals surface area contributed by atoms with Crippen LogP contribution in [-0.4, -0.2) is 0 Å². The smallest absolute Gasteiger partial charge is 0.0114 e. The van der Waals surface area contributed by atoms with Gasteiger partial charge >= 0.3 is 0 Å². The van der Waals surface area contributed by atoms with Crippen LogP contribution in [-0.2, 0) is 0 Å². The molecule has 1 atom stereocenters. The lowest BCUT2D eigenvalue weighted by molar-refractivity contribution is 0.823. The van der Waals surface area contributed by atoms with Crippen LogP contribution in [0, 0.1) is 0 Å². The highest BCUT2D eigenvalue weighted by Gasteiger charge is 2.03. The molecule has 0 nitrogen and oxygen atoms in total. The van der Waals surface area contributed by atoms with Gasteiger partial charge in [-0.3, -0.25) is 0 Å². The van der Waals surface area contributed by atoms with Gasteiger partial charge in [0.1, 0.15) is 0 Å². The summed E-state index contributed by atoms with van der Waals surface area (Å²) in [5, 5.41) is 2.11. The second kappa shape index (κ2) is 3.57. The maximum absolute atomic E-state index is 3.79. The van der Waals surface area contributed by atoms with E-state index in [-0.39, 0.29) is 0 Å². The molecule has 0 radical (unpaired) electrons. The molecule has 0 aliphatic carbocycles. The van der Waals surface area contributed by atoms with Crippen molar-refractivity contribution < 1.29 is 0 Å². The highest BCUT2D eigenvalue weighted by molar-refractivity contribution is 7.10. The van der Waals surface area contributed by atoms with Gasteiger partial charge in [-0.1, -0.05) is 19.1 Å². The third kappa shape index (κ3) is 1.48. The number of hydrogen-bond donors (Lipinski definition) is 0. The van der Waals surface area contributed by atoms with Gasteiger partial charge in [0.15, 0.2) is 0 Å². The standard InChI is InChI=1S/C9H12S/c1-3-8(4-2)9-6-5-7-10-9/h3,5-8H,1,4H2,2H3. The Morgan fingerprint density at radius 2 is 2.60 bits per heavy atom. The first-order chi connectivity index (χ1) is 4.88. The van der Waals surface area contributed by atoms with Crippen molar-refractivity contribution in [3.05, 3.63) is 35.0 Å². The molecule has 0 saturated heterocycles. The van der Waals surface area contributed by atoms with E-state index in [1.165, 1.54) is 4.88 Å². The third-order valence-electron chi connectivity index (χ3n) is 1.63. The van der Waals surface area contributed by atoms with Crippen molar-refractivity contribution in [1.82, 2.24) is 0 Å². The molecule has 10 heavy (non-hydrogen) atoms. The molecule has 0 aliphatic rings. The monoisotopic (exact) mass is 152 g/mol. The van der Waals surface area contributed by atoms with Crippen LogP contribution in [0.2, 0.25) is 0 Å². The van der Waals surface area contributed by atoms with Crippen molar-refractivity contribution in [3.8, 4) is 0 Å². The topological polar surface area (TPSA) is 0 Å². The van der Waals surface area contributed by atoms with Crippen LogP contribution in [0.4, 0.5) is 0 Å². The minimum atomic E-state index is 0.569. The predicted octanol–water partition coefficient (Wildman–Crippen LogP) is 3.43. The van der Waals surface area contributed by atoms with Crippen LogP contribution in [0.25, 0.3) is 0 Å². The van der Waals surface area contributed by atoms with E-state index in [9.17, 15) is 0 Å². The van der Waals surface area contributed by atoms with Crippen molar-refractivity contribution in [1.29, 1.82) is 0 Å². The van der Waals surface area contributed by atoms with Crippen LogP contribution < -0.4 is 0 Å². The molecule has 0 N–H and O–H groups in total. The van der Waals surface area contributed by atoms with Crippen molar-refractivity contribution in [2.45, 2.75) is 19.3 Å². The van der Waals surface area contributed by atoms with Gasteiger partial charge in [-0.15, -0.1) is 17.9 Å². The molecule has 1 rings (SSSR count). The van der Waals surface area contributed by atoms with Gasteiger partial charge in [0.05, 0.1) is 0 Å². The normalized spacial score (nSPS) is 12.9. The summed E-state index contributed by atoms with van der Waals surface area (Å²) in [5.41, 5.74) is 0. The lowest BCUT2D eigenvalue weighted by Gasteiger charge is -2.04. The Bertz CT molecular complexity index is 187. The van der Waals surface area contributed by atoms with Crippen molar-refractivity contribution >= 4 is 11.3 Å². The Labute approximate surface area is 66.2 Å². The van der Waals surface area contributed by atoms with Crippen LogP contribution in [0.15, 0.2) is 30.2 Å². The van der Waals surface area contributed by atoms with E-state index < -0.39 is 0 Å². The lowest BCUT2D eigenvalue weighted by Crippen LogP contribution is -1.86. The fourth-order valence-corrected chi connectivity index (χ4v) is 1.90. The predicted molar refractivity (Wildman–Crippen MR) is 47.5 cm³/mol. The van der Waals surface area contributed by atoms with Crippen molar-refractivity contribution in [3.63, 3.8) is 0 Å². The van der Waals surface area contributed by atoms with Crippen molar-refractivity contribution in [2.75, 3.05) is 0 Å². The first-order valence-electron chi connectivity index (χ1n) is 3.54. The molecule has 1 heteroatoms. The molecule has 54 valence electrons. The van der Waals surface area contributed by atoms with Gasteiger partial charge in [-0.2, -0.15) is 0 Å². The number of hydrogen-bond acceptors (Lipinski definition) is 1. The Hall–Kier alpha value is -0.560. The zero-order valence-electron chi connectivity index (χ0n) is 6.21. The highest BCUT2D eigenvalue weighted by atomic mass is 32.1. The molecule has 1 aromatic heterocycles. The summed E-state index contributed by atoms with van der Waals surface area (Å²) in [6.07, 6.45) is 3.18. The maximum atomic E-state index is 3.79. The van der Waals surface area contributed by atoms with E-state index in [0.717, 1.165) is 6.42 Å². The average molecular weight is 152 g/mol. The van der Waals surface area contributed by atoms with Gasteiger partial charge in [0, 0.05) is 10.8 Å². The number of rotatable bonds is 3. The quantitative estimate of drug-likeness (QED) is 0.582. The van der Waals surface area contributed by atoms with E-state index in [1.54, 1.807) is 0 Å². The van der Waals surface area contributed by atoms with Gasteiger partial charge < -0.3 is 0 Å². The fourth-order valence-electron chi connectivity index (χ4n) is 0.986. The van der Waals surface area contributed by atoms with E-state index in [2.05, 4.69) is 31.0 Å². The molecule has 0 bridgehead atoms. The van der Waals surface area contributed by atoms with Crippen molar-refractivity contribution in [2.24, 2.45) is 0 Å². The Morgan fingerprint density at radius 3 is 3.00 bits per heavy atom. The second-order valence-corrected chi connectivity index (χ2v) is 3.25. The summed E-state index contributed by atoms with van der Waals surface area (Å²) in [5.74, 6) is 0.569. The molecular formula is C9H12S. The summed E-state index contributed by atoms with van der Waals surface area (Å²) in [4.78, 5) is 1.43. The average Bonchev–Trinajstić information content (AvgIpc) is 2.43. The Balaban J connectivity index is 2.73. The molecule has 0 aromatic carbocycles. The largest absolute Gasteiger partial charge is 0.148 e. The Kier molecular flexibility index (Phi) is 2.69. The van der Waals surface area contributed by atoms with Crippen LogP contribution in [0.1, 0.15) is 24.1 Å². The zero-order chi connectivity index (χ0) is 7.40. The lowest BCUT2D eigenvalue weighted by atomic mass is 10.1. The van der Waals surface area contributed by atoms with Crippen LogP contribution in [0.3, 0.4) is 0 Å². The van der Waals surface area contributed by atoms with Gasteiger partial charge in [-0.05, 0) is 17.9 Å². The molecule has 0 aliphatic heterocycles. The summed E-state index contributed by atoms with van der Waals surface area (Å²) in [6.45, 7) is 5.98. The minimum Gasteiger partial charge on any atom is -0.148 e. The molecule has 1 aromatic rings. The number of thiophene rings is 1. The molecule has 0 fully saturated rings. The Morgan fingerprint density at radius 1 is 1.80 bits per heavy atom. The third-order valence-corrected chi connectivity index (χ3v) is 2.64.